The zero-order chi connectivity index (χ0) is 17.4. The van der Waals surface area contributed by atoms with Crippen LogP contribution < -0.4 is 11.1 Å². The van der Waals surface area contributed by atoms with E-state index in [0.29, 0.717) is 12.5 Å². The van der Waals surface area contributed by atoms with Crippen molar-refractivity contribution in [2.24, 2.45) is 17.6 Å². The van der Waals surface area contributed by atoms with Gasteiger partial charge in [-0.3, -0.25) is 4.79 Å². The van der Waals surface area contributed by atoms with Crippen LogP contribution in [0.1, 0.15) is 43.7 Å². The molecule has 144 valence electrons. The Hall–Kier alpha value is -1.30. The molecule has 0 spiro atoms. The molecule has 26 heavy (non-hydrogen) atoms. The van der Waals surface area contributed by atoms with Gasteiger partial charge in [-0.05, 0) is 30.9 Å². The fraction of sp³-hybridized carbons (Fsp3) is 0.650. The number of anilines is 1. The largest absolute Gasteiger partial charge is 0.383 e. The number of ether oxygens (including phenoxy) is 1. The number of carbonyl (C=O) groups excluding carboxylic acids is 1. The third kappa shape index (κ3) is 3.32. The second kappa shape index (κ2) is 8.15. The second-order valence-corrected chi connectivity index (χ2v) is 7.78. The number of rotatable bonds is 3. The van der Waals surface area contributed by atoms with Gasteiger partial charge in [0, 0.05) is 31.3 Å². The van der Waals surface area contributed by atoms with E-state index in [1.807, 2.05) is 6.07 Å². The molecule has 0 unspecified atom stereocenters. The summed E-state index contributed by atoms with van der Waals surface area (Å²) in [7, 11) is 1.75. The zero-order valence-corrected chi connectivity index (χ0v) is 16.2. The summed E-state index contributed by atoms with van der Waals surface area (Å²) in [5, 5.41) is 3.63. The van der Waals surface area contributed by atoms with E-state index in [1.54, 1.807) is 7.11 Å². The van der Waals surface area contributed by atoms with Gasteiger partial charge in [-0.15, -0.1) is 12.4 Å². The number of methoxy groups -OCH3 is 1. The van der Waals surface area contributed by atoms with Crippen molar-refractivity contribution in [3.8, 4) is 0 Å². The van der Waals surface area contributed by atoms with Gasteiger partial charge in [0.15, 0.2) is 0 Å². The van der Waals surface area contributed by atoms with E-state index < -0.39 is 0 Å². The van der Waals surface area contributed by atoms with Crippen LogP contribution in [0.3, 0.4) is 0 Å². The summed E-state index contributed by atoms with van der Waals surface area (Å²) in [5.41, 5.74) is 8.69. The highest BCUT2D eigenvalue weighted by atomic mass is 35.5. The Bertz CT molecular complexity index is 641. The maximum absolute atomic E-state index is 13.3. The summed E-state index contributed by atoms with van der Waals surface area (Å²) in [5.74, 6) is 0.668. The summed E-state index contributed by atoms with van der Waals surface area (Å²) in [6.45, 7) is 1.49. The summed E-state index contributed by atoms with van der Waals surface area (Å²) >= 11 is 0. The minimum absolute atomic E-state index is 0. The molecule has 3 aliphatic rings. The van der Waals surface area contributed by atoms with Gasteiger partial charge in [0.1, 0.15) is 0 Å². The van der Waals surface area contributed by atoms with Gasteiger partial charge in [-0.1, -0.05) is 31.0 Å². The van der Waals surface area contributed by atoms with E-state index in [-0.39, 0.29) is 42.4 Å². The molecule has 0 aromatic heterocycles. The van der Waals surface area contributed by atoms with Crippen LogP contribution in [-0.2, 0) is 9.53 Å². The smallest absolute Gasteiger partial charge is 0.227 e. The number of hydrogen-bond acceptors (Lipinski definition) is 4. The molecule has 1 aromatic carbocycles. The average Bonchev–Trinajstić information content (AvgIpc) is 3.07. The number of amides is 1. The van der Waals surface area contributed by atoms with Crippen molar-refractivity contribution in [3.63, 3.8) is 0 Å². The van der Waals surface area contributed by atoms with Gasteiger partial charge < -0.3 is 20.7 Å². The predicted molar refractivity (Wildman–Crippen MR) is 105 cm³/mol. The van der Waals surface area contributed by atoms with Crippen LogP contribution in [0, 0.1) is 11.8 Å². The predicted octanol–water partition coefficient (Wildman–Crippen LogP) is 2.96. The van der Waals surface area contributed by atoms with Crippen LogP contribution in [0.5, 0.6) is 0 Å². The molecule has 2 aliphatic heterocycles. The Labute approximate surface area is 162 Å². The number of para-hydroxylation sites is 1. The van der Waals surface area contributed by atoms with Gasteiger partial charge in [-0.2, -0.15) is 0 Å². The molecule has 1 amide bonds. The highest BCUT2D eigenvalue weighted by Gasteiger charge is 2.47. The van der Waals surface area contributed by atoms with Crippen LogP contribution >= 0.6 is 12.4 Å². The van der Waals surface area contributed by atoms with Crippen molar-refractivity contribution in [3.05, 3.63) is 29.8 Å². The molecule has 1 aliphatic carbocycles. The SMILES string of the molecule is COC[C@@H]1Nc2ccccc2[C@H]2[C@@H]1CCN2C(=O)[C@H]1CCCC[C@H]1N.Cl. The third-order valence-electron chi connectivity index (χ3n) is 6.35. The Kier molecular flexibility index (Phi) is 6.10. The fourth-order valence-electron chi connectivity index (χ4n) is 5.10. The van der Waals surface area contributed by atoms with E-state index >= 15 is 0 Å². The molecule has 5 nitrogen and oxygen atoms in total. The molecule has 1 saturated heterocycles. The monoisotopic (exact) mass is 379 g/mol. The Morgan fingerprint density at radius 1 is 1.27 bits per heavy atom. The van der Waals surface area contributed by atoms with Crippen LogP contribution in [0.25, 0.3) is 0 Å². The number of nitrogens with zero attached hydrogens (tertiary/aromatic N) is 1. The fourth-order valence-corrected chi connectivity index (χ4v) is 5.10. The summed E-state index contributed by atoms with van der Waals surface area (Å²) in [6, 6.07) is 8.82. The lowest BCUT2D eigenvalue weighted by atomic mass is 9.81. The van der Waals surface area contributed by atoms with E-state index in [1.165, 1.54) is 5.56 Å². The minimum atomic E-state index is -0.00424. The van der Waals surface area contributed by atoms with Crippen molar-refractivity contribution < 1.29 is 9.53 Å². The first kappa shape index (κ1) is 19.5. The standard InChI is InChI=1S/C20H29N3O2.ClH/c1-25-12-18-15-10-11-23(20(24)13-6-2-4-8-16(13)21)19(15)14-7-3-5-9-17(14)22-18;/h3,5,7,9,13,15-16,18-19,22H,2,4,6,8,10-12,21H2,1H3;1H/t13-,15+,16+,18-,19-;/m0./s1. The average molecular weight is 380 g/mol. The van der Waals surface area contributed by atoms with Gasteiger partial charge in [0.05, 0.1) is 24.6 Å². The van der Waals surface area contributed by atoms with Crippen molar-refractivity contribution in [2.45, 2.75) is 50.2 Å². The first-order chi connectivity index (χ1) is 12.2. The lowest BCUT2D eigenvalue weighted by Crippen LogP contribution is -2.48. The van der Waals surface area contributed by atoms with Crippen LogP contribution in [-0.4, -0.2) is 43.2 Å². The molecule has 4 rings (SSSR count). The summed E-state index contributed by atoms with van der Waals surface area (Å²) in [6.07, 6.45) is 5.21. The van der Waals surface area contributed by atoms with Crippen molar-refractivity contribution in [1.82, 2.24) is 4.90 Å². The van der Waals surface area contributed by atoms with Crippen LogP contribution in [0.15, 0.2) is 24.3 Å². The molecule has 1 saturated carbocycles. The topological polar surface area (TPSA) is 67.6 Å². The lowest BCUT2D eigenvalue weighted by molar-refractivity contribution is -0.138. The van der Waals surface area contributed by atoms with Crippen molar-refractivity contribution in [2.75, 3.05) is 25.6 Å². The summed E-state index contributed by atoms with van der Waals surface area (Å²) in [4.78, 5) is 15.5. The molecular formula is C20H30ClN3O2. The lowest BCUT2D eigenvalue weighted by Gasteiger charge is -2.41. The minimum Gasteiger partial charge on any atom is -0.383 e. The van der Waals surface area contributed by atoms with Gasteiger partial charge in [0.25, 0.3) is 0 Å². The van der Waals surface area contributed by atoms with E-state index in [4.69, 9.17) is 10.5 Å². The molecule has 0 radical (unpaired) electrons. The molecular weight excluding hydrogens is 350 g/mol. The highest BCUT2D eigenvalue weighted by Crippen LogP contribution is 2.47. The van der Waals surface area contributed by atoms with Crippen LogP contribution in [0.2, 0.25) is 0 Å². The Morgan fingerprint density at radius 3 is 2.81 bits per heavy atom. The molecule has 1 aromatic rings. The molecule has 2 heterocycles. The van der Waals surface area contributed by atoms with Crippen molar-refractivity contribution in [1.29, 1.82) is 0 Å². The summed E-state index contributed by atoms with van der Waals surface area (Å²) < 4.78 is 5.45. The van der Waals surface area contributed by atoms with E-state index in [9.17, 15) is 4.79 Å². The maximum atomic E-state index is 13.3. The number of benzene rings is 1. The number of hydrogen-bond donors (Lipinski definition) is 2. The Morgan fingerprint density at radius 2 is 2.04 bits per heavy atom. The number of nitrogens with one attached hydrogen (secondary N) is 1. The molecule has 5 atom stereocenters. The molecule has 2 fully saturated rings. The van der Waals surface area contributed by atoms with Crippen LogP contribution in [0.4, 0.5) is 5.69 Å². The van der Waals surface area contributed by atoms with Crippen molar-refractivity contribution >= 4 is 24.0 Å². The first-order valence-electron chi connectivity index (χ1n) is 9.61. The first-order valence-corrected chi connectivity index (χ1v) is 9.61. The molecule has 6 heteroatoms. The number of halogens is 1. The number of likely N-dealkylation sites (tertiary alicyclic amines) is 1. The molecule has 0 bridgehead atoms. The maximum Gasteiger partial charge on any atom is 0.227 e. The highest BCUT2D eigenvalue weighted by molar-refractivity contribution is 5.85. The number of nitrogens with two attached hydrogens (primary N) is 1. The number of fused-ring (bicyclic) bond motifs is 3. The normalized spacial score (nSPS) is 32.8. The third-order valence-corrected chi connectivity index (χ3v) is 6.35. The van der Waals surface area contributed by atoms with Gasteiger partial charge in [0.2, 0.25) is 5.91 Å². The van der Waals surface area contributed by atoms with E-state index in [2.05, 4.69) is 28.4 Å². The second-order valence-electron chi connectivity index (χ2n) is 7.78. The Balaban J connectivity index is 0.00000196. The quantitative estimate of drug-likeness (QED) is 0.847. The van der Waals surface area contributed by atoms with Gasteiger partial charge in [-0.25, -0.2) is 0 Å². The zero-order valence-electron chi connectivity index (χ0n) is 15.4. The number of carbonyl (C=O) groups is 1. The molecule has 3 N–H and O–H groups in total. The van der Waals surface area contributed by atoms with Gasteiger partial charge >= 0.3 is 0 Å². The van der Waals surface area contributed by atoms with E-state index in [0.717, 1.165) is 44.3 Å².